The molecule has 0 unspecified atom stereocenters. The minimum Gasteiger partial charge on any atom is -0.478 e. The highest BCUT2D eigenvalue weighted by atomic mass is 16.5. The molecule has 0 radical (unpaired) electrons. The zero-order valence-corrected chi connectivity index (χ0v) is 24.8. The van der Waals surface area contributed by atoms with Crippen molar-refractivity contribution in [2.75, 3.05) is 6.54 Å². The van der Waals surface area contributed by atoms with Gasteiger partial charge >= 0.3 is 23.9 Å². The van der Waals surface area contributed by atoms with Gasteiger partial charge in [-0.25, -0.2) is 19.2 Å². The molecule has 45 heavy (non-hydrogen) atoms. The predicted molar refractivity (Wildman–Crippen MR) is 164 cm³/mol. The lowest BCUT2D eigenvalue weighted by atomic mass is 10.0. The molecule has 3 aromatic rings. The number of nitrogens with one attached hydrogen (secondary N) is 2. The van der Waals surface area contributed by atoms with E-state index in [1.54, 1.807) is 24.3 Å². The first-order chi connectivity index (χ1) is 21.6. The van der Waals surface area contributed by atoms with E-state index in [-0.39, 0.29) is 36.7 Å². The molecule has 3 aromatic carbocycles. The molecule has 12 heteroatoms. The van der Waals surface area contributed by atoms with Crippen LogP contribution in [0, 0.1) is 0 Å². The number of carbonyl (C=O) groups is 5. The summed E-state index contributed by atoms with van der Waals surface area (Å²) >= 11 is 0. The van der Waals surface area contributed by atoms with Gasteiger partial charge in [-0.15, -0.1) is 0 Å². The van der Waals surface area contributed by atoms with Crippen molar-refractivity contribution in [1.82, 2.24) is 15.5 Å². The van der Waals surface area contributed by atoms with Crippen molar-refractivity contribution in [1.29, 1.82) is 0 Å². The molecule has 0 aliphatic heterocycles. The first-order valence-electron chi connectivity index (χ1n) is 14.5. The Balaban J connectivity index is 1.81. The minimum absolute atomic E-state index is 0.0149. The number of aliphatic carboxylic acids is 2. The van der Waals surface area contributed by atoms with Crippen LogP contribution in [0.25, 0.3) is 0 Å². The summed E-state index contributed by atoms with van der Waals surface area (Å²) in [7, 11) is 0. The van der Waals surface area contributed by atoms with Crippen LogP contribution in [-0.4, -0.2) is 68.8 Å². The Hall–Kier alpha value is -5.39. The highest BCUT2D eigenvalue weighted by Gasteiger charge is 2.28. The summed E-state index contributed by atoms with van der Waals surface area (Å²) in [6.07, 6.45) is 0.678. The second-order valence-electron chi connectivity index (χ2n) is 10.4. The van der Waals surface area contributed by atoms with E-state index in [1.807, 2.05) is 37.3 Å². The molecule has 238 valence electrons. The Labute approximate surface area is 260 Å². The lowest BCUT2D eigenvalue weighted by Crippen LogP contribution is -2.52. The SMILES string of the molecule is CCCCCNC(=O)[C@H](Cc1ccc(OC(C(=O)O)C(=O)O)cc1)NC(=O)N(Cc1ccccc1)Cc1ccc(C(=O)O)cc1. The van der Waals surface area contributed by atoms with Gasteiger partial charge in [0, 0.05) is 26.1 Å². The van der Waals surface area contributed by atoms with Gasteiger partial charge in [0.25, 0.3) is 6.10 Å². The summed E-state index contributed by atoms with van der Waals surface area (Å²) in [5, 5.41) is 33.1. The summed E-state index contributed by atoms with van der Waals surface area (Å²) in [6, 6.07) is 19.9. The van der Waals surface area contributed by atoms with Crippen LogP contribution in [0.4, 0.5) is 4.79 Å². The minimum atomic E-state index is -2.08. The van der Waals surface area contributed by atoms with Gasteiger partial charge in [-0.05, 0) is 47.4 Å². The van der Waals surface area contributed by atoms with Crippen molar-refractivity contribution in [3.8, 4) is 5.75 Å². The lowest BCUT2D eigenvalue weighted by molar-refractivity contribution is -0.159. The molecule has 5 N–H and O–H groups in total. The zero-order valence-electron chi connectivity index (χ0n) is 24.8. The molecule has 3 amide bonds. The quantitative estimate of drug-likeness (QED) is 0.110. The van der Waals surface area contributed by atoms with Crippen molar-refractivity contribution in [3.63, 3.8) is 0 Å². The largest absolute Gasteiger partial charge is 0.478 e. The van der Waals surface area contributed by atoms with Crippen molar-refractivity contribution < 1.29 is 44.0 Å². The molecule has 12 nitrogen and oxygen atoms in total. The third kappa shape index (κ3) is 11.0. The second-order valence-corrected chi connectivity index (χ2v) is 10.4. The molecule has 0 aliphatic rings. The number of unbranched alkanes of at least 4 members (excludes halogenated alkanes) is 2. The van der Waals surface area contributed by atoms with Crippen molar-refractivity contribution >= 4 is 29.8 Å². The van der Waals surface area contributed by atoms with E-state index >= 15 is 0 Å². The fourth-order valence-corrected chi connectivity index (χ4v) is 4.42. The fourth-order valence-electron chi connectivity index (χ4n) is 4.42. The van der Waals surface area contributed by atoms with Gasteiger partial charge in [-0.2, -0.15) is 0 Å². The smallest absolute Gasteiger partial charge is 0.356 e. The monoisotopic (exact) mass is 619 g/mol. The van der Waals surface area contributed by atoms with E-state index in [1.165, 1.54) is 29.2 Å². The highest BCUT2D eigenvalue weighted by molar-refractivity contribution is 5.96. The number of rotatable bonds is 17. The maximum Gasteiger partial charge on any atom is 0.356 e. The molecule has 0 spiro atoms. The molecular formula is C33H37N3O9. The summed E-state index contributed by atoms with van der Waals surface area (Å²) in [5.41, 5.74) is 2.28. The molecule has 0 saturated carbocycles. The van der Waals surface area contributed by atoms with E-state index in [0.717, 1.165) is 24.8 Å². The first kappa shape index (κ1) is 34.1. The molecule has 0 saturated heterocycles. The first-order valence-corrected chi connectivity index (χ1v) is 14.5. The number of hydrogen-bond donors (Lipinski definition) is 5. The number of carboxylic acids is 3. The fraction of sp³-hybridized carbons (Fsp3) is 0.303. The van der Waals surface area contributed by atoms with E-state index in [9.17, 15) is 29.1 Å². The van der Waals surface area contributed by atoms with Crippen LogP contribution in [-0.2, 0) is 33.9 Å². The van der Waals surface area contributed by atoms with Gasteiger partial charge in [0.15, 0.2) is 0 Å². The van der Waals surface area contributed by atoms with E-state index < -0.39 is 36.1 Å². The second kappa shape index (κ2) is 17.0. The molecule has 0 aromatic heterocycles. The number of amides is 3. The molecule has 3 rings (SSSR count). The number of nitrogens with zero attached hydrogens (tertiary/aromatic N) is 1. The van der Waals surface area contributed by atoms with Crippen molar-refractivity contribution in [2.45, 2.75) is 57.8 Å². The predicted octanol–water partition coefficient (Wildman–Crippen LogP) is 3.93. The normalized spacial score (nSPS) is 11.3. The summed E-state index contributed by atoms with van der Waals surface area (Å²) in [6.45, 7) is 2.84. The highest BCUT2D eigenvalue weighted by Crippen LogP contribution is 2.17. The van der Waals surface area contributed by atoms with Crippen LogP contribution in [0.2, 0.25) is 0 Å². The van der Waals surface area contributed by atoms with Crippen LogP contribution in [0.1, 0.15) is 53.2 Å². The zero-order chi connectivity index (χ0) is 32.8. The maximum atomic E-state index is 13.7. The number of hydrogen-bond acceptors (Lipinski definition) is 6. The third-order valence-electron chi connectivity index (χ3n) is 6.84. The average molecular weight is 620 g/mol. The van der Waals surface area contributed by atoms with Crippen LogP contribution >= 0.6 is 0 Å². The van der Waals surface area contributed by atoms with Crippen LogP contribution in [0.3, 0.4) is 0 Å². The number of benzene rings is 3. The maximum absolute atomic E-state index is 13.7. The molecule has 0 aliphatic carbocycles. The molecular weight excluding hydrogens is 582 g/mol. The van der Waals surface area contributed by atoms with Gasteiger partial charge in [0.2, 0.25) is 5.91 Å². The Bertz CT molecular complexity index is 1430. The van der Waals surface area contributed by atoms with Gasteiger partial charge in [0.1, 0.15) is 11.8 Å². The molecule has 0 bridgehead atoms. The molecule has 0 fully saturated rings. The number of carboxylic acid groups (broad SMARTS) is 3. The standard InChI is InChI=1S/C33H37N3O9/c1-2-3-7-18-34-29(37)27(19-22-12-16-26(17-13-22)45-28(31(40)41)32(42)43)35-33(44)36(20-23-8-5-4-6-9-23)21-24-10-14-25(15-11-24)30(38)39/h4-6,8-17,27-28H,2-3,7,18-21H2,1H3,(H,34,37)(H,35,44)(H,38,39)(H,40,41)(H,42,43)/t27-/m0/s1. The summed E-state index contributed by atoms with van der Waals surface area (Å²) in [4.78, 5) is 62.2. The third-order valence-corrected chi connectivity index (χ3v) is 6.84. The number of urea groups is 1. The van der Waals surface area contributed by atoms with Crippen LogP contribution in [0.5, 0.6) is 5.75 Å². The number of ether oxygens (including phenoxy) is 1. The average Bonchev–Trinajstić information content (AvgIpc) is 3.02. The van der Waals surface area contributed by atoms with E-state index in [2.05, 4.69) is 10.6 Å². The van der Waals surface area contributed by atoms with E-state index in [0.29, 0.717) is 17.7 Å². The Morgan fingerprint density at radius 2 is 1.33 bits per heavy atom. The van der Waals surface area contributed by atoms with Crippen molar-refractivity contribution in [2.24, 2.45) is 0 Å². The topological polar surface area (TPSA) is 183 Å². The van der Waals surface area contributed by atoms with Gasteiger partial charge in [-0.1, -0.05) is 74.4 Å². The number of carbonyl (C=O) groups excluding carboxylic acids is 2. The van der Waals surface area contributed by atoms with Gasteiger partial charge in [0.05, 0.1) is 5.56 Å². The molecule has 0 heterocycles. The Morgan fingerprint density at radius 1 is 0.756 bits per heavy atom. The van der Waals surface area contributed by atoms with Crippen molar-refractivity contribution in [3.05, 3.63) is 101 Å². The number of aromatic carboxylic acids is 1. The van der Waals surface area contributed by atoms with Gasteiger partial charge < -0.3 is 35.6 Å². The van der Waals surface area contributed by atoms with Crippen LogP contribution < -0.4 is 15.4 Å². The summed E-state index contributed by atoms with van der Waals surface area (Å²) in [5.74, 6) is -4.72. The van der Waals surface area contributed by atoms with Crippen LogP contribution in [0.15, 0.2) is 78.9 Å². The lowest BCUT2D eigenvalue weighted by Gasteiger charge is -2.27. The van der Waals surface area contributed by atoms with Gasteiger partial charge in [-0.3, -0.25) is 4.79 Å². The molecule has 1 atom stereocenters. The Morgan fingerprint density at radius 3 is 1.89 bits per heavy atom. The summed E-state index contributed by atoms with van der Waals surface area (Å²) < 4.78 is 5.06. The van der Waals surface area contributed by atoms with E-state index in [4.69, 9.17) is 14.9 Å². The Kier molecular flexibility index (Phi) is 12.9.